The molecular formula is C22H24Cl2N2O4. The number of rotatable bonds is 7. The summed E-state index contributed by atoms with van der Waals surface area (Å²) in [5.74, 6) is 0.924. The van der Waals surface area contributed by atoms with Crippen LogP contribution < -0.4 is 20.1 Å². The third-order valence-electron chi connectivity index (χ3n) is 4.83. The second-order valence-corrected chi connectivity index (χ2v) is 8.11. The second kappa shape index (κ2) is 10.5. The Hall–Kier alpha value is -2.44. The summed E-state index contributed by atoms with van der Waals surface area (Å²) in [6.45, 7) is 1.40. The monoisotopic (exact) mass is 450 g/mol. The molecule has 1 aliphatic carbocycles. The summed E-state index contributed by atoms with van der Waals surface area (Å²) in [4.78, 5) is 23.9. The number of carbonyl (C=O) groups excluding carboxylic acids is 2. The van der Waals surface area contributed by atoms with Gasteiger partial charge in [-0.1, -0.05) is 23.2 Å². The van der Waals surface area contributed by atoms with Gasteiger partial charge in [-0.05, 0) is 61.4 Å². The molecule has 0 radical (unpaired) electrons. The van der Waals surface area contributed by atoms with Crippen molar-refractivity contribution >= 4 is 35.0 Å². The summed E-state index contributed by atoms with van der Waals surface area (Å²) in [5, 5.41) is 7.17. The Morgan fingerprint density at radius 3 is 2.13 bits per heavy atom. The van der Waals surface area contributed by atoms with Gasteiger partial charge in [0.05, 0.1) is 6.04 Å². The minimum atomic E-state index is -0.272. The normalized spacial score (nSPS) is 20.8. The molecule has 30 heavy (non-hydrogen) atoms. The number of ether oxygens (including phenoxy) is 2. The van der Waals surface area contributed by atoms with Crippen LogP contribution in [0.2, 0.25) is 10.0 Å². The lowest BCUT2D eigenvalue weighted by Crippen LogP contribution is -2.53. The minimum absolute atomic E-state index is 0.0753. The number of nitrogens with one attached hydrogen (secondary N) is 2. The number of hydrogen-bond acceptors (Lipinski definition) is 4. The Bertz CT molecular complexity index is 858. The number of amides is 2. The van der Waals surface area contributed by atoms with Crippen LogP contribution in [0.3, 0.4) is 0 Å². The first-order valence-electron chi connectivity index (χ1n) is 9.76. The Balaban J connectivity index is 1.56. The van der Waals surface area contributed by atoms with E-state index in [2.05, 4.69) is 10.6 Å². The molecule has 3 atom stereocenters. The average Bonchev–Trinajstić information content (AvgIpc) is 2.71. The van der Waals surface area contributed by atoms with Gasteiger partial charge in [-0.25, -0.2) is 0 Å². The maximum absolute atomic E-state index is 12.3. The Morgan fingerprint density at radius 2 is 1.53 bits per heavy atom. The van der Waals surface area contributed by atoms with Crippen molar-refractivity contribution in [1.82, 2.24) is 10.6 Å². The molecule has 160 valence electrons. The van der Waals surface area contributed by atoms with Crippen molar-refractivity contribution in [3.8, 4) is 11.5 Å². The molecule has 0 aromatic heterocycles. The summed E-state index contributed by atoms with van der Waals surface area (Å²) in [5.41, 5.74) is 0. The van der Waals surface area contributed by atoms with Crippen LogP contribution >= 0.6 is 23.2 Å². The number of halogens is 2. The lowest BCUT2D eigenvalue weighted by atomic mass is 9.88. The highest BCUT2D eigenvalue weighted by atomic mass is 35.5. The molecule has 2 aromatic rings. The van der Waals surface area contributed by atoms with Crippen molar-refractivity contribution in [2.75, 3.05) is 6.61 Å². The van der Waals surface area contributed by atoms with E-state index in [9.17, 15) is 9.59 Å². The van der Waals surface area contributed by atoms with E-state index in [4.69, 9.17) is 32.7 Å². The van der Waals surface area contributed by atoms with E-state index in [0.717, 1.165) is 6.42 Å². The number of carbonyl (C=O) groups is 2. The van der Waals surface area contributed by atoms with Gasteiger partial charge in [-0.2, -0.15) is 0 Å². The van der Waals surface area contributed by atoms with Crippen LogP contribution in [-0.4, -0.2) is 36.6 Å². The molecule has 2 aromatic carbocycles. The van der Waals surface area contributed by atoms with Crippen LogP contribution in [-0.2, 0) is 9.59 Å². The first-order chi connectivity index (χ1) is 14.4. The zero-order chi connectivity index (χ0) is 21.5. The zero-order valence-corrected chi connectivity index (χ0v) is 18.1. The SMILES string of the molecule is CC(=O)N[C@@H]1CC[C@@H](NC(=O)COc2ccc(Cl)cc2)C[C@H]1Oc1ccc(Cl)cc1. The molecule has 8 heteroatoms. The molecule has 3 rings (SSSR count). The molecule has 0 bridgehead atoms. The first kappa shape index (κ1) is 22.2. The molecule has 1 fully saturated rings. The largest absolute Gasteiger partial charge is 0.488 e. The van der Waals surface area contributed by atoms with Crippen molar-refractivity contribution < 1.29 is 19.1 Å². The van der Waals surface area contributed by atoms with Gasteiger partial charge in [-0.15, -0.1) is 0 Å². The Labute approximate surface area is 185 Å². The highest BCUT2D eigenvalue weighted by Crippen LogP contribution is 2.26. The third kappa shape index (κ3) is 6.82. The van der Waals surface area contributed by atoms with Gasteiger partial charge in [-0.3, -0.25) is 9.59 Å². The van der Waals surface area contributed by atoms with E-state index < -0.39 is 0 Å². The number of benzene rings is 2. The summed E-state index contributed by atoms with van der Waals surface area (Å²) in [7, 11) is 0. The van der Waals surface area contributed by atoms with Gasteiger partial charge >= 0.3 is 0 Å². The van der Waals surface area contributed by atoms with Crippen LogP contribution in [0.15, 0.2) is 48.5 Å². The van der Waals surface area contributed by atoms with Gasteiger partial charge in [0.2, 0.25) is 5.91 Å². The van der Waals surface area contributed by atoms with E-state index in [0.29, 0.717) is 34.4 Å². The highest BCUT2D eigenvalue weighted by molar-refractivity contribution is 6.30. The molecule has 0 heterocycles. The lowest BCUT2D eigenvalue weighted by Gasteiger charge is -2.36. The summed E-state index contributed by atoms with van der Waals surface area (Å²) in [6.07, 6.45) is 1.73. The van der Waals surface area contributed by atoms with E-state index in [1.807, 2.05) is 0 Å². The summed E-state index contributed by atoms with van der Waals surface area (Å²) < 4.78 is 11.6. The van der Waals surface area contributed by atoms with Gasteiger partial charge in [0.25, 0.3) is 5.91 Å². The van der Waals surface area contributed by atoms with E-state index in [1.54, 1.807) is 48.5 Å². The molecule has 1 saturated carbocycles. The smallest absolute Gasteiger partial charge is 0.258 e. The van der Waals surface area contributed by atoms with Crippen LogP contribution in [0.4, 0.5) is 0 Å². The summed E-state index contributed by atoms with van der Waals surface area (Å²) in [6, 6.07) is 13.7. The van der Waals surface area contributed by atoms with Crippen molar-refractivity contribution in [3.63, 3.8) is 0 Å². The standard InChI is InChI=1S/C22H24Cl2N2O4/c1-14(27)25-20-11-6-17(12-21(20)30-19-9-4-16(24)5-10-19)26-22(28)13-29-18-7-2-15(23)3-8-18/h2-5,7-10,17,20-21H,6,11-13H2,1H3,(H,25,27)(H,26,28)/t17-,20-,21-/m1/s1. The first-order valence-corrected chi connectivity index (χ1v) is 10.5. The van der Waals surface area contributed by atoms with E-state index in [1.165, 1.54) is 6.92 Å². The second-order valence-electron chi connectivity index (χ2n) is 7.24. The lowest BCUT2D eigenvalue weighted by molar-refractivity contribution is -0.125. The predicted molar refractivity (Wildman–Crippen MR) is 116 cm³/mol. The van der Waals surface area contributed by atoms with Crippen LogP contribution in [0.25, 0.3) is 0 Å². The molecule has 0 spiro atoms. The maximum Gasteiger partial charge on any atom is 0.258 e. The van der Waals surface area contributed by atoms with E-state index >= 15 is 0 Å². The van der Waals surface area contributed by atoms with Gasteiger partial charge in [0.1, 0.15) is 17.6 Å². The van der Waals surface area contributed by atoms with Gasteiger partial charge in [0, 0.05) is 29.4 Å². The van der Waals surface area contributed by atoms with Crippen LogP contribution in [0.1, 0.15) is 26.2 Å². The molecule has 0 unspecified atom stereocenters. The van der Waals surface area contributed by atoms with E-state index in [-0.39, 0.29) is 36.6 Å². The summed E-state index contributed by atoms with van der Waals surface area (Å²) >= 11 is 11.8. The molecule has 2 N–H and O–H groups in total. The maximum atomic E-state index is 12.3. The molecule has 2 amide bonds. The van der Waals surface area contributed by atoms with Crippen LogP contribution in [0, 0.1) is 0 Å². The molecular weight excluding hydrogens is 427 g/mol. The topological polar surface area (TPSA) is 76.7 Å². The van der Waals surface area contributed by atoms with Crippen molar-refractivity contribution in [2.24, 2.45) is 0 Å². The molecule has 6 nitrogen and oxygen atoms in total. The zero-order valence-electron chi connectivity index (χ0n) is 16.6. The fraction of sp³-hybridized carbons (Fsp3) is 0.364. The third-order valence-corrected chi connectivity index (χ3v) is 5.33. The molecule has 0 aliphatic heterocycles. The highest BCUT2D eigenvalue weighted by Gasteiger charge is 2.33. The van der Waals surface area contributed by atoms with Crippen molar-refractivity contribution in [3.05, 3.63) is 58.6 Å². The average molecular weight is 451 g/mol. The van der Waals surface area contributed by atoms with Gasteiger partial charge in [0.15, 0.2) is 6.61 Å². The predicted octanol–water partition coefficient (Wildman–Crippen LogP) is 3.99. The Morgan fingerprint density at radius 1 is 0.933 bits per heavy atom. The molecule has 0 saturated heterocycles. The molecule has 1 aliphatic rings. The van der Waals surface area contributed by atoms with Crippen molar-refractivity contribution in [1.29, 1.82) is 0 Å². The van der Waals surface area contributed by atoms with Crippen LogP contribution in [0.5, 0.6) is 11.5 Å². The quantitative estimate of drug-likeness (QED) is 0.668. The fourth-order valence-corrected chi connectivity index (χ4v) is 3.71. The Kier molecular flexibility index (Phi) is 7.82. The van der Waals surface area contributed by atoms with Gasteiger partial charge < -0.3 is 20.1 Å². The fourth-order valence-electron chi connectivity index (χ4n) is 3.45. The minimum Gasteiger partial charge on any atom is -0.488 e. The number of hydrogen-bond donors (Lipinski definition) is 2. The van der Waals surface area contributed by atoms with Crippen molar-refractivity contribution in [2.45, 2.75) is 44.4 Å².